The molecule has 110 valence electrons. The Balaban J connectivity index is 2.38. The van der Waals surface area contributed by atoms with Crippen LogP contribution in [0.2, 0.25) is 5.02 Å². The third-order valence-corrected chi connectivity index (χ3v) is 3.53. The van der Waals surface area contributed by atoms with Crippen molar-refractivity contribution in [3.05, 3.63) is 64.2 Å². The predicted molar refractivity (Wildman–Crippen MR) is 85.7 cm³/mol. The zero-order chi connectivity index (χ0) is 15.4. The maximum absolute atomic E-state index is 12.1. The summed E-state index contributed by atoms with van der Waals surface area (Å²) in [5, 5.41) is 3.74. The van der Waals surface area contributed by atoms with E-state index >= 15 is 0 Å². The van der Waals surface area contributed by atoms with Crippen molar-refractivity contribution in [3.63, 3.8) is 0 Å². The smallest absolute Gasteiger partial charge is 0.333 e. The van der Waals surface area contributed by atoms with Crippen molar-refractivity contribution in [3.8, 4) is 0 Å². The number of benzene rings is 2. The summed E-state index contributed by atoms with van der Waals surface area (Å²) in [5.41, 5.74) is 3.81. The van der Waals surface area contributed by atoms with Crippen LogP contribution < -0.4 is 5.32 Å². The zero-order valence-electron chi connectivity index (χ0n) is 12.3. The molecule has 0 aliphatic carbocycles. The maximum atomic E-state index is 12.1. The molecule has 0 aliphatic heterocycles. The molecule has 0 aliphatic rings. The third kappa shape index (κ3) is 3.76. The summed E-state index contributed by atoms with van der Waals surface area (Å²) in [5.74, 6) is -0.373. The molecule has 0 aromatic heterocycles. The van der Waals surface area contributed by atoms with Crippen LogP contribution in [0.4, 0.5) is 5.69 Å². The number of methoxy groups -OCH3 is 1. The molecule has 0 saturated heterocycles. The highest BCUT2D eigenvalue weighted by Crippen LogP contribution is 2.27. The fourth-order valence-electron chi connectivity index (χ4n) is 2.32. The third-order valence-electron chi connectivity index (χ3n) is 3.19. The molecule has 0 fully saturated rings. The Bertz CT molecular complexity index is 635. The van der Waals surface area contributed by atoms with Gasteiger partial charge in [0.05, 0.1) is 7.11 Å². The minimum atomic E-state index is -0.634. The van der Waals surface area contributed by atoms with Crippen molar-refractivity contribution in [1.29, 1.82) is 0 Å². The molecule has 2 aromatic rings. The van der Waals surface area contributed by atoms with Crippen LogP contribution in [0.3, 0.4) is 0 Å². The number of hydrogen-bond acceptors (Lipinski definition) is 3. The largest absolute Gasteiger partial charge is 0.467 e. The summed E-state index contributed by atoms with van der Waals surface area (Å²) in [6.45, 7) is 4.03. The molecule has 2 aromatic carbocycles. The summed E-state index contributed by atoms with van der Waals surface area (Å²) in [6, 6.07) is 12.7. The van der Waals surface area contributed by atoms with Crippen LogP contribution in [-0.4, -0.2) is 13.1 Å². The molecule has 21 heavy (non-hydrogen) atoms. The van der Waals surface area contributed by atoms with Gasteiger partial charge in [-0.3, -0.25) is 0 Å². The van der Waals surface area contributed by atoms with Crippen molar-refractivity contribution in [2.24, 2.45) is 0 Å². The van der Waals surface area contributed by atoms with Crippen LogP contribution in [-0.2, 0) is 9.53 Å². The van der Waals surface area contributed by atoms with Crippen LogP contribution in [0.1, 0.15) is 22.7 Å². The van der Waals surface area contributed by atoms with Gasteiger partial charge in [0.15, 0.2) is 6.04 Å². The van der Waals surface area contributed by atoms with E-state index in [2.05, 4.69) is 11.4 Å². The van der Waals surface area contributed by atoms with Gasteiger partial charge in [-0.25, -0.2) is 4.79 Å². The summed E-state index contributed by atoms with van der Waals surface area (Å²) >= 11 is 6.20. The van der Waals surface area contributed by atoms with Gasteiger partial charge in [-0.2, -0.15) is 0 Å². The Kier molecular flexibility index (Phi) is 4.86. The Morgan fingerprint density at radius 1 is 1.14 bits per heavy atom. The second kappa shape index (κ2) is 6.64. The summed E-state index contributed by atoms with van der Waals surface area (Å²) in [4.78, 5) is 12.1. The molecule has 1 N–H and O–H groups in total. The lowest BCUT2D eigenvalue weighted by Gasteiger charge is -2.19. The number of carbonyl (C=O) groups is 1. The number of nitrogens with one attached hydrogen (secondary N) is 1. The van der Waals surface area contributed by atoms with E-state index in [1.165, 1.54) is 7.11 Å². The molecule has 0 amide bonds. The van der Waals surface area contributed by atoms with Crippen LogP contribution in [0.25, 0.3) is 0 Å². The first-order valence-electron chi connectivity index (χ1n) is 6.68. The first-order valence-corrected chi connectivity index (χ1v) is 7.06. The van der Waals surface area contributed by atoms with Gasteiger partial charge >= 0.3 is 5.97 Å². The maximum Gasteiger partial charge on any atom is 0.333 e. The van der Waals surface area contributed by atoms with Crippen LogP contribution in [0.15, 0.2) is 42.5 Å². The van der Waals surface area contributed by atoms with E-state index in [4.69, 9.17) is 16.3 Å². The molecular weight excluding hydrogens is 286 g/mol. The number of anilines is 1. The lowest BCUT2D eigenvalue weighted by atomic mass is 10.1. The predicted octanol–water partition coefficient (Wildman–Crippen LogP) is 4.28. The lowest BCUT2D eigenvalue weighted by Crippen LogP contribution is -2.22. The van der Waals surface area contributed by atoms with E-state index < -0.39 is 6.04 Å². The Labute approximate surface area is 129 Å². The molecule has 4 heteroatoms. The van der Waals surface area contributed by atoms with E-state index in [0.717, 1.165) is 16.8 Å². The highest BCUT2D eigenvalue weighted by atomic mass is 35.5. The van der Waals surface area contributed by atoms with Gasteiger partial charge in [-0.15, -0.1) is 0 Å². The van der Waals surface area contributed by atoms with Crippen molar-refractivity contribution >= 4 is 23.3 Å². The van der Waals surface area contributed by atoms with Crippen LogP contribution in [0.5, 0.6) is 0 Å². The standard InChI is InChI=1S/C17H18ClNO2/c1-11-8-12(2)10-13(9-11)19-16(17(20)21-3)14-6-4-5-7-15(14)18/h4-10,16,19H,1-3H3. The second-order valence-electron chi connectivity index (χ2n) is 5.00. The van der Waals surface area contributed by atoms with Gasteiger partial charge in [0.25, 0.3) is 0 Å². The number of esters is 1. The molecule has 0 spiro atoms. The highest BCUT2D eigenvalue weighted by molar-refractivity contribution is 6.31. The number of halogens is 1. The normalized spacial score (nSPS) is 11.8. The number of carbonyl (C=O) groups excluding carboxylic acids is 1. The van der Waals surface area contributed by atoms with Gasteiger partial charge in [0.1, 0.15) is 0 Å². The number of rotatable bonds is 4. The van der Waals surface area contributed by atoms with Crippen molar-refractivity contribution in [2.45, 2.75) is 19.9 Å². The van der Waals surface area contributed by atoms with E-state index in [0.29, 0.717) is 10.6 Å². The molecule has 3 nitrogen and oxygen atoms in total. The number of aryl methyl sites for hydroxylation is 2. The molecule has 0 heterocycles. The first kappa shape index (κ1) is 15.4. The second-order valence-corrected chi connectivity index (χ2v) is 5.41. The Morgan fingerprint density at radius 2 is 1.76 bits per heavy atom. The Morgan fingerprint density at radius 3 is 2.33 bits per heavy atom. The summed E-state index contributed by atoms with van der Waals surface area (Å²) in [6.07, 6.45) is 0. The van der Waals surface area contributed by atoms with E-state index in [1.807, 2.05) is 44.2 Å². The van der Waals surface area contributed by atoms with Gasteiger partial charge in [0, 0.05) is 16.3 Å². The molecule has 0 radical (unpaired) electrons. The zero-order valence-corrected chi connectivity index (χ0v) is 13.1. The SMILES string of the molecule is COC(=O)C(Nc1cc(C)cc(C)c1)c1ccccc1Cl. The molecule has 0 bridgehead atoms. The minimum Gasteiger partial charge on any atom is -0.467 e. The summed E-state index contributed by atoms with van der Waals surface area (Å²) in [7, 11) is 1.37. The van der Waals surface area contributed by atoms with Gasteiger partial charge in [0.2, 0.25) is 0 Å². The molecular formula is C17H18ClNO2. The summed E-state index contributed by atoms with van der Waals surface area (Å²) < 4.78 is 4.89. The highest BCUT2D eigenvalue weighted by Gasteiger charge is 2.23. The number of hydrogen-bond donors (Lipinski definition) is 1. The average molecular weight is 304 g/mol. The van der Waals surface area contributed by atoms with Crippen molar-refractivity contribution < 1.29 is 9.53 Å². The molecule has 0 saturated carbocycles. The lowest BCUT2D eigenvalue weighted by molar-refractivity contribution is -0.141. The fourth-order valence-corrected chi connectivity index (χ4v) is 2.56. The Hall–Kier alpha value is -2.00. The van der Waals surface area contributed by atoms with Crippen LogP contribution in [0, 0.1) is 13.8 Å². The monoisotopic (exact) mass is 303 g/mol. The average Bonchev–Trinajstić information content (AvgIpc) is 2.44. The topological polar surface area (TPSA) is 38.3 Å². The fraction of sp³-hybridized carbons (Fsp3) is 0.235. The van der Waals surface area contributed by atoms with Crippen molar-refractivity contribution in [2.75, 3.05) is 12.4 Å². The minimum absolute atomic E-state index is 0.373. The van der Waals surface area contributed by atoms with Gasteiger partial charge < -0.3 is 10.1 Å². The molecule has 1 atom stereocenters. The van der Waals surface area contributed by atoms with Gasteiger partial charge in [-0.1, -0.05) is 35.9 Å². The van der Waals surface area contributed by atoms with E-state index in [-0.39, 0.29) is 5.97 Å². The number of ether oxygens (including phenoxy) is 1. The molecule has 2 rings (SSSR count). The molecule has 1 unspecified atom stereocenters. The van der Waals surface area contributed by atoms with E-state index in [9.17, 15) is 4.79 Å². The first-order chi connectivity index (χ1) is 10.0. The van der Waals surface area contributed by atoms with Gasteiger partial charge in [-0.05, 0) is 43.2 Å². The quantitative estimate of drug-likeness (QED) is 0.857. The van der Waals surface area contributed by atoms with Crippen molar-refractivity contribution in [1.82, 2.24) is 0 Å². The van der Waals surface area contributed by atoms with Crippen LogP contribution >= 0.6 is 11.6 Å². The van der Waals surface area contributed by atoms with E-state index in [1.54, 1.807) is 6.07 Å².